The van der Waals surface area contributed by atoms with E-state index in [4.69, 9.17) is 16.3 Å². The fourth-order valence-electron chi connectivity index (χ4n) is 2.81. The first-order valence-corrected chi connectivity index (χ1v) is 9.32. The summed E-state index contributed by atoms with van der Waals surface area (Å²) in [6, 6.07) is 18.2. The number of rotatable bonds is 6. The Morgan fingerprint density at radius 2 is 1.79 bits per heavy atom. The number of fused-ring (bicyclic) bond motifs is 1. The zero-order valence-electron chi connectivity index (χ0n) is 15.7. The molecule has 0 saturated heterocycles. The van der Waals surface area contributed by atoms with Gasteiger partial charge in [-0.15, -0.1) is 0 Å². The highest BCUT2D eigenvalue weighted by Gasteiger charge is 2.15. The third-order valence-corrected chi connectivity index (χ3v) is 4.26. The van der Waals surface area contributed by atoms with Gasteiger partial charge in [0.1, 0.15) is 5.75 Å². The summed E-state index contributed by atoms with van der Waals surface area (Å²) >= 11 is 6.03. The van der Waals surface area contributed by atoms with Crippen molar-refractivity contribution in [1.82, 2.24) is 5.32 Å². The average molecular weight is 397 g/mol. The number of nitrogens with one attached hydrogen (secondary N) is 2. The molecule has 0 unspecified atom stereocenters. The molecule has 0 aliphatic rings. The van der Waals surface area contributed by atoms with Crippen LogP contribution in [0, 0.1) is 0 Å². The van der Waals surface area contributed by atoms with Gasteiger partial charge in [-0.25, -0.2) is 0 Å². The lowest BCUT2D eigenvalue weighted by Gasteiger charge is -2.14. The summed E-state index contributed by atoms with van der Waals surface area (Å²) in [5.41, 5.74) is 0.689. The molecule has 0 heterocycles. The van der Waals surface area contributed by atoms with Crippen LogP contribution in [0.4, 0.5) is 5.69 Å². The van der Waals surface area contributed by atoms with E-state index in [1.807, 2.05) is 56.3 Å². The summed E-state index contributed by atoms with van der Waals surface area (Å²) in [6.45, 7) is 3.54. The molecule has 6 heteroatoms. The second kappa shape index (κ2) is 8.76. The molecule has 0 bridgehead atoms. The van der Waals surface area contributed by atoms with Gasteiger partial charge < -0.3 is 15.4 Å². The van der Waals surface area contributed by atoms with Gasteiger partial charge in [-0.2, -0.15) is 0 Å². The van der Waals surface area contributed by atoms with E-state index in [0.717, 1.165) is 10.8 Å². The molecule has 0 aliphatic heterocycles. The predicted molar refractivity (Wildman–Crippen MR) is 112 cm³/mol. The topological polar surface area (TPSA) is 67.4 Å². The average Bonchev–Trinajstić information content (AvgIpc) is 2.65. The van der Waals surface area contributed by atoms with Crippen LogP contribution in [0.25, 0.3) is 10.8 Å². The number of hydrogen-bond donors (Lipinski definition) is 2. The highest BCUT2D eigenvalue weighted by Crippen LogP contribution is 2.25. The number of carbonyl (C=O) groups excluding carboxylic acids is 2. The molecule has 0 spiro atoms. The van der Waals surface area contributed by atoms with Gasteiger partial charge >= 0.3 is 0 Å². The van der Waals surface area contributed by atoms with E-state index in [1.165, 1.54) is 0 Å². The molecule has 0 saturated carbocycles. The Morgan fingerprint density at radius 1 is 1.04 bits per heavy atom. The third kappa shape index (κ3) is 4.81. The van der Waals surface area contributed by atoms with Gasteiger partial charge in [-0.1, -0.05) is 48.0 Å². The smallest absolute Gasteiger partial charge is 0.262 e. The van der Waals surface area contributed by atoms with E-state index in [1.54, 1.807) is 18.2 Å². The first-order valence-electron chi connectivity index (χ1n) is 8.95. The van der Waals surface area contributed by atoms with Gasteiger partial charge in [-0.3, -0.25) is 9.59 Å². The summed E-state index contributed by atoms with van der Waals surface area (Å²) in [4.78, 5) is 24.8. The lowest BCUT2D eigenvalue weighted by atomic mass is 10.1. The SMILES string of the molecule is CC(C)NC(=O)c1ccc(Cl)cc1NC(=O)COc1cccc2ccccc12. The van der Waals surface area contributed by atoms with Crippen LogP contribution in [0.3, 0.4) is 0 Å². The number of ether oxygens (including phenoxy) is 1. The second-order valence-corrected chi connectivity index (χ2v) is 7.07. The van der Waals surface area contributed by atoms with Crippen molar-refractivity contribution in [2.45, 2.75) is 19.9 Å². The van der Waals surface area contributed by atoms with Crippen LogP contribution in [0.1, 0.15) is 24.2 Å². The number of carbonyl (C=O) groups is 2. The zero-order chi connectivity index (χ0) is 20.1. The van der Waals surface area contributed by atoms with E-state index < -0.39 is 0 Å². The van der Waals surface area contributed by atoms with E-state index >= 15 is 0 Å². The minimum Gasteiger partial charge on any atom is -0.483 e. The van der Waals surface area contributed by atoms with Gasteiger partial charge in [0, 0.05) is 16.5 Å². The summed E-state index contributed by atoms with van der Waals surface area (Å²) in [6.07, 6.45) is 0. The summed E-state index contributed by atoms with van der Waals surface area (Å²) < 4.78 is 5.70. The summed E-state index contributed by atoms with van der Waals surface area (Å²) in [5.74, 6) is -0.0390. The molecule has 3 aromatic carbocycles. The number of benzene rings is 3. The largest absolute Gasteiger partial charge is 0.483 e. The highest BCUT2D eigenvalue weighted by atomic mass is 35.5. The molecule has 0 aromatic heterocycles. The number of amides is 2. The number of halogens is 1. The van der Waals surface area contributed by atoms with Crippen LogP contribution in [0.15, 0.2) is 60.7 Å². The summed E-state index contributed by atoms with van der Waals surface area (Å²) in [5, 5.41) is 7.90. The second-order valence-electron chi connectivity index (χ2n) is 6.63. The Bertz CT molecular complexity index is 1010. The molecule has 3 rings (SSSR count). The Morgan fingerprint density at radius 3 is 2.57 bits per heavy atom. The van der Waals surface area contributed by atoms with Gasteiger partial charge in [0.15, 0.2) is 6.61 Å². The minimum atomic E-state index is -0.381. The number of anilines is 1. The first kappa shape index (κ1) is 19.7. The van der Waals surface area contributed by atoms with Crippen molar-refractivity contribution in [3.05, 3.63) is 71.2 Å². The van der Waals surface area contributed by atoms with Crippen LogP contribution in [0.2, 0.25) is 5.02 Å². The van der Waals surface area contributed by atoms with Crippen molar-refractivity contribution >= 4 is 39.9 Å². The lowest BCUT2D eigenvalue weighted by molar-refractivity contribution is -0.118. The van der Waals surface area contributed by atoms with Crippen molar-refractivity contribution in [3.8, 4) is 5.75 Å². The van der Waals surface area contributed by atoms with Crippen LogP contribution in [-0.4, -0.2) is 24.5 Å². The fraction of sp³-hybridized carbons (Fsp3) is 0.182. The molecule has 144 valence electrons. The molecule has 3 aromatic rings. The van der Waals surface area contributed by atoms with Crippen molar-refractivity contribution in [1.29, 1.82) is 0 Å². The first-order chi connectivity index (χ1) is 13.4. The quantitative estimate of drug-likeness (QED) is 0.637. The Kier molecular flexibility index (Phi) is 6.16. The fourth-order valence-corrected chi connectivity index (χ4v) is 2.98. The standard InChI is InChI=1S/C22H21ClN2O3/c1-14(2)24-22(27)18-11-10-16(23)12-19(18)25-21(26)13-28-20-9-5-7-15-6-3-4-8-17(15)20/h3-12,14H,13H2,1-2H3,(H,24,27)(H,25,26). The third-order valence-electron chi connectivity index (χ3n) is 4.03. The predicted octanol–water partition coefficient (Wildman–Crippen LogP) is 4.65. The van der Waals surface area contributed by atoms with Crippen molar-refractivity contribution in [2.24, 2.45) is 0 Å². The van der Waals surface area contributed by atoms with Gasteiger partial charge in [0.2, 0.25) is 0 Å². The maximum absolute atomic E-state index is 12.4. The van der Waals surface area contributed by atoms with Crippen LogP contribution in [-0.2, 0) is 4.79 Å². The molecule has 0 atom stereocenters. The van der Waals surface area contributed by atoms with Gasteiger partial charge in [0.25, 0.3) is 11.8 Å². The maximum Gasteiger partial charge on any atom is 0.262 e. The molecule has 2 amide bonds. The van der Waals surface area contributed by atoms with Gasteiger partial charge in [-0.05, 0) is 43.5 Å². The monoisotopic (exact) mass is 396 g/mol. The van der Waals surface area contributed by atoms with Crippen LogP contribution >= 0.6 is 11.6 Å². The van der Waals surface area contributed by atoms with E-state index in [0.29, 0.717) is 22.0 Å². The maximum atomic E-state index is 12.4. The molecule has 0 aliphatic carbocycles. The van der Waals surface area contributed by atoms with Crippen LogP contribution in [0.5, 0.6) is 5.75 Å². The normalized spacial score (nSPS) is 10.7. The molecule has 5 nitrogen and oxygen atoms in total. The molecule has 0 fully saturated rings. The van der Waals surface area contributed by atoms with Crippen molar-refractivity contribution in [2.75, 3.05) is 11.9 Å². The van der Waals surface area contributed by atoms with E-state index in [9.17, 15) is 9.59 Å². The van der Waals surface area contributed by atoms with E-state index in [-0.39, 0.29) is 24.5 Å². The van der Waals surface area contributed by atoms with Crippen molar-refractivity contribution < 1.29 is 14.3 Å². The molecule has 28 heavy (non-hydrogen) atoms. The molecular weight excluding hydrogens is 376 g/mol. The Hall–Kier alpha value is -3.05. The lowest BCUT2D eigenvalue weighted by Crippen LogP contribution is -2.31. The van der Waals surface area contributed by atoms with Gasteiger partial charge in [0.05, 0.1) is 11.3 Å². The molecule has 0 radical (unpaired) electrons. The highest BCUT2D eigenvalue weighted by molar-refractivity contribution is 6.31. The Labute approximate surface area is 168 Å². The van der Waals surface area contributed by atoms with Crippen molar-refractivity contribution in [3.63, 3.8) is 0 Å². The Balaban J connectivity index is 1.72. The summed E-state index contributed by atoms with van der Waals surface area (Å²) in [7, 11) is 0. The van der Waals surface area contributed by atoms with Crippen LogP contribution < -0.4 is 15.4 Å². The molecule has 2 N–H and O–H groups in total. The molecular formula is C22H21ClN2O3. The minimum absolute atomic E-state index is 0.0265. The zero-order valence-corrected chi connectivity index (χ0v) is 16.4. The number of hydrogen-bond acceptors (Lipinski definition) is 3. The van der Waals surface area contributed by atoms with E-state index in [2.05, 4.69) is 10.6 Å².